The number of nitrogens with zero attached hydrogens (tertiary/aromatic N) is 4. The van der Waals surface area contributed by atoms with Gasteiger partial charge in [0.15, 0.2) is 0 Å². The van der Waals surface area contributed by atoms with E-state index in [4.69, 9.17) is 32.0 Å². The molecule has 0 amide bonds. The first kappa shape index (κ1) is 23.3. The van der Waals surface area contributed by atoms with Crippen LogP contribution in [0.2, 0.25) is 5.02 Å². The molecule has 2 aliphatic heterocycles. The number of hydrogen-bond acceptors (Lipinski definition) is 6. The van der Waals surface area contributed by atoms with Crippen LogP contribution in [0.15, 0.2) is 45.8 Å². The molecule has 6 rings (SSSR count). The van der Waals surface area contributed by atoms with E-state index in [0.717, 1.165) is 42.8 Å². The lowest BCUT2D eigenvalue weighted by Gasteiger charge is -2.30. The number of aryl methyl sites for hydroxylation is 1. The Labute approximate surface area is 212 Å². The Morgan fingerprint density at radius 1 is 1.25 bits per heavy atom. The highest BCUT2D eigenvalue weighted by atomic mass is 35.5. The molecule has 186 valence electrons. The van der Waals surface area contributed by atoms with Crippen LogP contribution in [0.1, 0.15) is 49.5 Å². The van der Waals surface area contributed by atoms with Crippen LogP contribution in [-0.4, -0.2) is 39.5 Å². The number of hydrogen-bond donors (Lipinski definition) is 1. The Hall–Kier alpha value is -3.10. The lowest BCUT2D eigenvalue weighted by molar-refractivity contribution is 0.0321. The van der Waals surface area contributed by atoms with Gasteiger partial charge in [-0.2, -0.15) is 0 Å². The van der Waals surface area contributed by atoms with Crippen LogP contribution in [0.3, 0.4) is 0 Å². The third-order valence-corrected chi connectivity index (χ3v) is 7.49. The number of nitrogens with two attached hydrogens (primary N) is 1. The molecular formula is C27H27ClFN5O2. The Balaban J connectivity index is 1.45. The van der Waals surface area contributed by atoms with Gasteiger partial charge < -0.3 is 10.5 Å². The lowest BCUT2D eigenvalue weighted by Crippen LogP contribution is -2.28. The van der Waals surface area contributed by atoms with Crippen molar-refractivity contribution in [3.63, 3.8) is 0 Å². The van der Waals surface area contributed by atoms with Crippen LogP contribution in [-0.2, 0) is 17.7 Å². The maximum atomic E-state index is 15.1. The Morgan fingerprint density at radius 2 is 2.11 bits per heavy atom. The third kappa shape index (κ3) is 4.33. The van der Waals surface area contributed by atoms with E-state index < -0.39 is 5.82 Å². The quantitative estimate of drug-likeness (QED) is 0.512. The average molecular weight is 508 g/mol. The number of fused-ring (bicyclic) bond motifs is 2. The summed E-state index contributed by atoms with van der Waals surface area (Å²) in [7, 11) is 0. The van der Waals surface area contributed by atoms with Crippen LogP contribution in [0.25, 0.3) is 22.2 Å². The summed E-state index contributed by atoms with van der Waals surface area (Å²) in [5.74, 6) is 0.228. The zero-order chi connectivity index (χ0) is 24.8. The standard InChI is InChI=1S/C27H27ClFN5O2/c28-17-3-6-19(21(29)11-17)25-26-20(27(35)34-8-1-2-24(34)33-26)12-22(32-25)15-7-9-36-23(10-15)16(13-30)14-31-18-4-5-18/h3,6,11-15,18,23H,1-2,4-5,7-10,30H2/b16-13+,31-14?. The number of halogens is 2. The smallest absolute Gasteiger partial charge is 0.261 e. The molecule has 0 spiro atoms. The zero-order valence-electron chi connectivity index (χ0n) is 19.8. The Kier molecular flexibility index (Phi) is 6.09. The van der Waals surface area contributed by atoms with Crippen molar-refractivity contribution >= 4 is 28.7 Å². The first-order chi connectivity index (χ1) is 17.5. The topological polar surface area (TPSA) is 95.4 Å². The van der Waals surface area contributed by atoms with Crippen LogP contribution >= 0.6 is 11.6 Å². The van der Waals surface area contributed by atoms with Gasteiger partial charge in [-0.1, -0.05) is 11.6 Å². The SMILES string of the molecule is N/C=C(\C=NC1CC1)C1CC(c2cc3c(=O)n4c(nc3c(-c3ccc(Cl)cc3F)n2)CCC4)CCO1. The van der Waals surface area contributed by atoms with Gasteiger partial charge in [-0.15, -0.1) is 0 Å². The minimum absolute atomic E-state index is 0.00388. The fraction of sp³-hybridized carbons (Fsp3) is 0.407. The summed E-state index contributed by atoms with van der Waals surface area (Å²) >= 11 is 6.02. The summed E-state index contributed by atoms with van der Waals surface area (Å²) in [6, 6.07) is 6.72. The van der Waals surface area contributed by atoms with E-state index in [1.807, 2.05) is 12.3 Å². The van der Waals surface area contributed by atoms with Gasteiger partial charge >= 0.3 is 0 Å². The average Bonchev–Trinajstić information content (AvgIpc) is 3.59. The van der Waals surface area contributed by atoms with Crippen molar-refractivity contribution in [1.82, 2.24) is 14.5 Å². The summed E-state index contributed by atoms with van der Waals surface area (Å²) in [6.45, 7) is 1.17. The van der Waals surface area contributed by atoms with E-state index >= 15 is 4.39 Å². The minimum Gasteiger partial charge on any atom is -0.404 e. The summed E-state index contributed by atoms with van der Waals surface area (Å²) < 4.78 is 22.9. The molecule has 2 N–H and O–H groups in total. The van der Waals surface area contributed by atoms with Crippen LogP contribution in [0.5, 0.6) is 0 Å². The monoisotopic (exact) mass is 507 g/mol. The number of rotatable bonds is 5. The molecule has 0 bridgehead atoms. The zero-order valence-corrected chi connectivity index (χ0v) is 20.5. The van der Waals surface area contributed by atoms with Crippen molar-refractivity contribution in [3.05, 3.63) is 68.8 Å². The molecule has 1 saturated heterocycles. The Morgan fingerprint density at radius 3 is 2.89 bits per heavy atom. The first-order valence-electron chi connectivity index (χ1n) is 12.5. The third-order valence-electron chi connectivity index (χ3n) is 7.26. The van der Waals surface area contributed by atoms with Crippen molar-refractivity contribution in [1.29, 1.82) is 0 Å². The molecule has 2 unspecified atom stereocenters. The van der Waals surface area contributed by atoms with E-state index in [1.165, 1.54) is 6.07 Å². The van der Waals surface area contributed by atoms with Crippen molar-refractivity contribution in [3.8, 4) is 11.3 Å². The van der Waals surface area contributed by atoms with Gasteiger partial charge in [0.05, 0.1) is 23.2 Å². The molecule has 4 heterocycles. The molecule has 0 radical (unpaired) electrons. The molecule has 1 aliphatic carbocycles. The van der Waals surface area contributed by atoms with E-state index in [-0.39, 0.29) is 23.1 Å². The highest BCUT2D eigenvalue weighted by molar-refractivity contribution is 6.30. The van der Waals surface area contributed by atoms with Crippen LogP contribution in [0, 0.1) is 5.82 Å². The van der Waals surface area contributed by atoms with Crippen molar-refractivity contribution in [2.45, 2.75) is 63.1 Å². The van der Waals surface area contributed by atoms with Gasteiger partial charge in [-0.3, -0.25) is 19.3 Å². The Bertz CT molecular complexity index is 1460. The molecule has 2 aromatic heterocycles. The van der Waals surface area contributed by atoms with Gasteiger partial charge in [-0.25, -0.2) is 9.37 Å². The number of aromatic nitrogens is 3. The summed E-state index contributed by atoms with van der Waals surface area (Å²) in [6.07, 6.45) is 8.34. The second kappa shape index (κ2) is 9.41. The number of aliphatic imine (C=N–C) groups is 1. The van der Waals surface area contributed by atoms with Gasteiger partial charge in [0.1, 0.15) is 17.2 Å². The van der Waals surface area contributed by atoms with Crippen molar-refractivity contribution < 1.29 is 9.13 Å². The molecule has 1 saturated carbocycles. The second-order valence-corrected chi connectivity index (χ2v) is 10.2. The molecule has 3 aromatic rings. The van der Waals surface area contributed by atoms with Gasteiger partial charge in [-0.05, 0) is 56.4 Å². The molecule has 2 atom stereocenters. The molecule has 2 fully saturated rings. The van der Waals surface area contributed by atoms with Gasteiger partial charge in [0.25, 0.3) is 5.56 Å². The fourth-order valence-corrected chi connectivity index (χ4v) is 5.29. The highest BCUT2D eigenvalue weighted by Gasteiger charge is 2.30. The van der Waals surface area contributed by atoms with Crippen LogP contribution in [0.4, 0.5) is 4.39 Å². The molecule has 3 aliphatic rings. The van der Waals surface area contributed by atoms with E-state index in [9.17, 15) is 4.79 Å². The molecule has 36 heavy (non-hydrogen) atoms. The van der Waals surface area contributed by atoms with Crippen molar-refractivity contribution in [2.24, 2.45) is 10.7 Å². The second-order valence-electron chi connectivity index (χ2n) is 9.76. The fourth-order valence-electron chi connectivity index (χ4n) is 5.13. The maximum Gasteiger partial charge on any atom is 0.261 e. The minimum atomic E-state index is -0.495. The first-order valence-corrected chi connectivity index (χ1v) is 12.9. The summed E-state index contributed by atoms with van der Waals surface area (Å²) in [5, 5.41) is 0.759. The lowest BCUT2D eigenvalue weighted by atomic mass is 9.88. The van der Waals surface area contributed by atoms with Gasteiger partial charge in [0.2, 0.25) is 0 Å². The molecule has 7 nitrogen and oxygen atoms in total. The summed E-state index contributed by atoms with van der Waals surface area (Å²) in [4.78, 5) is 27.7. The van der Waals surface area contributed by atoms with Crippen molar-refractivity contribution in [2.75, 3.05) is 6.61 Å². The van der Waals surface area contributed by atoms with E-state index in [0.29, 0.717) is 53.7 Å². The molecule has 1 aromatic carbocycles. The van der Waals surface area contributed by atoms with E-state index in [1.54, 1.807) is 22.9 Å². The molecule has 9 heteroatoms. The normalized spacial score (nSPS) is 22.4. The number of ether oxygens (including phenoxy) is 1. The predicted octanol–water partition coefficient (Wildman–Crippen LogP) is 4.54. The van der Waals surface area contributed by atoms with Gasteiger partial charge in [0, 0.05) is 59.8 Å². The highest BCUT2D eigenvalue weighted by Crippen LogP contribution is 2.36. The van der Waals surface area contributed by atoms with Crippen LogP contribution < -0.4 is 11.3 Å². The number of pyridine rings is 1. The largest absolute Gasteiger partial charge is 0.404 e. The molecular weight excluding hydrogens is 481 g/mol. The summed E-state index contributed by atoms with van der Waals surface area (Å²) in [5.41, 5.74) is 8.47. The van der Waals surface area contributed by atoms with E-state index in [2.05, 4.69) is 4.99 Å². The number of benzene rings is 1. The maximum absolute atomic E-state index is 15.1. The predicted molar refractivity (Wildman–Crippen MR) is 138 cm³/mol.